The monoisotopic (exact) mass is 87.0 g/mol. The number of rotatable bonds is 1. The minimum atomic E-state index is -0.394. The fourth-order valence-corrected chi connectivity index (χ4v) is 0.0833. The number of hydrogen-bond acceptors (Lipinski definition) is 2. The van der Waals surface area contributed by atoms with Crippen LogP contribution >= 0.6 is 0 Å². The molecule has 0 amide bonds. The Morgan fingerprint density at radius 2 is 2.67 bits per heavy atom. The van der Waals surface area contributed by atoms with Crippen LogP contribution in [0, 0.1) is 0 Å². The molecule has 0 saturated carbocycles. The minimum absolute atomic E-state index is 0. The van der Waals surface area contributed by atoms with Crippen molar-refractivity contribution in [1.82, 2.24) is 0 Å². The second-order valence-electron chi connectivity index (χ2n) is 0.727. The summed E-state index contributed by atoms with van der Waals surface area (Å²) in [5.41, 5.74) is 0. The molecule has 0 aromatic heterocycles. The van der Waals surface area contributed by atoms with Gasteiger partial charge in [-0.05, 0) is 0 Å². The molecule has 0 heterocycles. The molecule has 0 aromatic carbocycles. The molecule has 2 nitrogen and oxygen atoms in total. The molecule has 0 aliphatic heterocycles. The summed E-state index contributed by atoms with van der Waals surface area (Å²) in [5.74, 6) is -0.394. The Kier molecular flexibility index (Phi) is 2.13. The molecule has 1 radical (unpaired) electrons. The molecular weight excluding hydrogens is 80.0 g/mol. The lowest BCUT2D eigenvalue weighted by molar-refractivity contribution is -0.134. The summed E-state index contributed by atoms with van der Waals surface area (Å²) in [6.45, 7) is 3.16. The minimum Gasteiger partial charge on any atom is -0.466 e. The Labute approximate surface area is 37.9 Å². The third-order valence-electron chi connectivity index (χ3n) is 0.368. The van der Waals surface area contributed by atoms with Crippen LogP contribution in [-0.4, -0.2) is 13.1 Å². The zero-order valence-electron chi connectivity index (χ0n) is 4.60. The van der Waals surface area contributed by atoms with Gasteiger partial charge in [-0.3, -0.25) is 0 Å². The molecule has 0 aliphatic rings. The molecule has 0 spiro atoms. The normalized spacial score (nSPS) is 6.83. The highest BCUT2D eigenvalue weighted by molar-refractivity contribution is 5.80. The fraction of sp³-hybridized carbons (Fsp3) is 0.250. The van der Waals surface area contributed by atoms with Crippen molar-refractivity contribution in [2.24, 2.45) is 0 Å². The molecule has 0 atom stereocenters. The summed E-state index contributed by atoms with van der Waals surface area (Å²) < 4.78 is 4.14. The maximum absolute atomic E-state index is 9.84. The van der Waals surface area contributed by atoms with Gasteiger partial charge in [0.1, 0.15) is 0 Å². The molecule has 0 rings (SSSR count). The molecule has 0 aromatic rings. The highest BCUT2D eigenvalue weighted by Gasteiger charge is 1.81. The van der Waals surface area contributed by atoms with E-state index in [4.69, 9.17) is 0 Å². The van der Waals surface area contributed by atoms with Crippen LogP contribution in [0.15, 0.2) is 12.7 Å². The summed E-state index contributed by atoms with van der Waals surface area (Å²) in [7, 11) is 1.31. The third-order valence-corrected chi connectivity index (χ3v) is 0.368. The number of carbonyl (C=O) groups excluding carboxylic acids is 1. The zero-order chi connectivity index (χ0) is 4.99. The van der Waals surface area contributed by atoms with Gasteiger partial charge in [0.05, 0.1) is 7.11 Å². The van der Waals surface area contributed by atoms with E-state index < -0.39 is 5.97 Å². The quantitative estimate of drug-likeness (QED) is 0.343. The molecule has 0 bridgehead atoms. The van der Waals surface area contributed by atoms with Gasteiger partial charge in [-0.2, -0.15) is 0 Å². The number of ether oxygens (including phenoxy) is 1. The van der Waals surface area contributed by atoms with Gasteiger partial charge in [-0.1, -0.05) is 6.58 Å². The molecule has 2 heteroatoms. The lowest BCUT2D eigenvalue weighted by Crippen LogP contribution is -1.91. The first-order valence-electron chi connectivity index (χ1n) is 1.51. The van der Waals surface area contributed by atoms with E-state index in [-0.39, 0.29) is 1.43 Å². The van der Waals surface area contributed by atoms with E-state index in [1.165, 1.54) is 7.11 Å². The van der Waals surface area contributed by atoms with E-state index >= 15 is 0 Å². The van der Waals surface area contributed by atoms with E-state index in [0.717, 1.165) is 6.08 Å². The first-order chi connectivity index (χ1) is 2.81. The second kappa shape index (κ2) is 2.45. The lowest BCUT2D eigenvalue weighted by atomic mass is 10.7. The summed E-state index contributed by atoms with van der Waals surface area (Å²) in [4.78, 5) is 9.84. The molecule has 0 unspecified atom stereocenters. The van der Waals surface area contributed by atoms with Gasteiger partial charge in [0.25, 0.3) is 0 Å². The SMILES string of the molecule is C=CC(=O)OC.[H]. The Morgan fingerprint density at radius 1 is 2.17 bits per heavy atom. The predicted molar refractivity (Wildman–Crippen MR) is 23.3 cm³/mol. The van der Waals surface area contributed by atoms with E-state index in [2.05, 4.69) is 11.3 Å². The molecule has 0 N–H and O–H groups in total. The summed E-state index contributed by atoms with van der Waals surface area (Å²) >= 11 is 0. The van der Waals surface area contributed by atoms with Crippen molar-refractivity contribution in [3.05, 3.63) is 12.7 Å². The number of methoxy groups -OCH3 is 1. The van der Waals surface area contributed by atoms with Crippen LogP contribution in [-0.2, 0) is 9.53 Å². The number of esters is 1. The molecular formula is C4H7O2. The van der Waals surface area contributed by atoms with Gasteiger partial charge in [0.15, 0.2) is 0 Å². The molecule has 0 fully saturated rings. The third kappa shape index (κ3) is 1.52. The average molecular weight is 87.1 g/mol. The maximum atomic E-state index is 9.84. The highest BCUT2D eigenvalue weighted by atomic mass is 16.5. The van der Waals surface area contributed by atoms with E-state index in [1.807, 2.05) is 0 Å². The van der Waals surface area contributed by atoms with Crippen molar-refractivity contribution in [2.45, 2.75) is 0 Å². The van der Waals surface area contributed by atoms with Crippen molar-refractivity contribution in [2.75, 3.05) is 7.11 Å². The average Bonchev–Trinajstić information content (AvgIpc) is 1.65. The van der Waals surface area contributed by atoms with Crippen molar-refractivity contribution in [3.8, 4) is 0 Å². The van der Waals surface area contributed by atoms with Crippen LogP contribution in [0.25, 0.3) is 0 Å². The van der Waals surface area contributed by atoms with Crippen molar-refractivity contribution >= 4 is 5.97 Å². The van der Waals surface area contributed by atoms with Gasteiger partial charge in [-0.25, -0.2) is 4.79 Å². The highest BCUT2D eigenvalue weighted by Crippen LogP contribution is 1.67. The first-order valence-corrected chi connectivity index (χ1v) is 1.51. The van der Waals surface area contributed by atoms with Crippen LogP contribution in [0.2, 0.25) is 0 Å². The Balaban J connectivity index is 0. The van der Waals surface area contributed by atoms with E-state index in [0.29, 0.717) is 0 Å². The maximum Gasteiger partial charge on any atom is 0.329 e. The predicted octanol–water partition coefficient (Wildman–Crippen LogP) is 0.458. The molecule has 6 heavy (non-hydrogen) atoms. The van der Waals surface area contributed by atoms with Crippen molar-refractivity contribution < 1.29 is 11.0 Å². The van der Waals surface area contributed by atoms with Crippen LogP contribution < -0.4 is 0 Å². The standard InChI is InChI=1S/C4H6O2.H/c1-3-4(5)6-2;/h3H,1H2,2H3;. The molecule has 35 valence electrons. The van der Waals surface area contributed by atoms with Crippen LogP contribution in [0.5, 0.6) is 0 Å². The van der Waals surface area contributed by atoms with Gasteiger partial charge >= 0.3 is 5.97 Å². The van der Waals surface area contributed by atoms with Crippen molar-refractivity contribution in [3.63, 3.8) is 0 Å². The van der Waals surface area contributed by atoms with E-state index in [9.17, 15) is 4.79 Å². The van der Waals surface area contributed by atoms with Crippen LogP contribution in [0.1, 0.15) is 1.43 Å². The topological polar surface area (TPSA) is 26.3 Å². The molecule has 0 aliphatic carbocycles. The van der Waals surface area contributed by atoms with Gasteiger partial charge in [0.2, 0.25) is 0 Å². The van der Waals surface area contributed by atoms with Gasteiger partial charge in [0, 0.05) is 7.50 Å². The van der Waals surface area contributed by atoms with Gasteiger partial charge in [-0.15, -0.1) is 0 Å². The number of carbonyl (C=O) groups is 1. The van der Waals surface area contributed by atoms with E-state index in [1.54, 1.807) is 0 Å². The summed E-state index contributed by atoms with van der Waals surface area (Å²) in [6.07, 6.45) is 1.11. The molecule has 0 saturated heterocycles. The summed E-state index contributed by atoms with van der Waals surface area (Å²) in [6, 6.07) is 0. The fourth-order valence-electron chi connectivity index (χ4n) is 0.0833. The zero-order valence-corrected chi connectivity index (χ0v) is 3.60. The Hall–Kier alpha value is -0.790. The number of hydrogen-bond donors (Lipinski definition) is 0. The van der Waals surface area contributed by atoms with Crippen LogP contribution in [0.3, 0.4) is 0 Å². The Morgan fingerprint density at radius 3 is 2.67 bits per heavy atom. The smallest absolute Gasteiger partial charge is 0.329 e. The largest absolute Gasteiger partial charge is 0.466 e. The first kappa shape index (κ1) is 5.21. The van der Waals surface area contributed by atoms with Crippen molar-refractivity contribution in [1.29, 1.82) is 0 Å². The lowest BCUT2D eigenvalue weighted by Gasteiger charge is -1.83. The van der Waals surface area contributed by atoms with Gasteiger partial charge < -0.3 is 4.74 Å². The second-order valence-corrected chi connectivity index (χ2v) is 0.727. The van der Waals surface area contributed by atoms with Crippen LogP contribution in [0.4, 0.5) is 0 Å². The summed E-state index contributed by atoms with van der Waals surface area (Å²) in [5, 5.41) is 0. The Bertz CT molecular complexity index is 70.1.